The van der Waals surface area contributed by atoms with E-state index in [1.165, 1.54) is 0 Å². The molecule has 2 aliphatic heterocycles. The summed E-state index contributed by atoms with van der Waals surface area (Å²) in [5.41, 5.74) is 2.62. The molecule has 0 radical (unpaired) electrons. The summed E-state index contributed by atoms with van der Waals surface area (Å²) in [6.07, 6.45) is 3.68. The van der Waals surface area contributed by atoms with Crippen LogP contribution in [0.15, 0.2) is 18.3 Å². The number of methoxy groups -OCH3 is 2. The number of aromatic amines is 1. The zero-order valence-electron chi connectivity index (χ0n) is 17.4. The van der Waals surface area contributed by atoms with Crippen LogP contribution in [-0.4, -0.2) is 68.3 Å². The molecule has 9 nitrogen and oxygen atoms in total. The molecule has 0 saturated carbocycles. The fourth-order valence-corrected chi connectivity index (χ4v) is 4.12. The summed E-state index contributed by atoms with van der Waals surface area (Å²) in [4.78, 5) is 14.9. The van der Waals surface area contributed by atoms with Gasteiger partial charge in [-0.3, -0.25) is 14.8 Å². The summed E-state index contributed by atoms with van der Waals surface area (Å²) >= 11 is 0. The first-order valence-corrected chi connectivity index (χ1v) is 10.2. The van der Waals surface area contributed by atoms with Crippen LogP contribution in [0.3, 0.4) is 0 Å². The smallest absolute Gasteiger partial charge is 0.254 e. The molecule has 1 atom stereocenters. The largest absolute Gasteiger partial charge is 0.493 e. The van der Waals surface area contributed by atoms with Crippen molar-refractivity contribution in [2.75, 3.05) is 47.3 Å². The Morgan fingerprint density at radius 2 is 2.27 bits per heavy atom. The van der Waals surface area contributed by atoms with Crippen LogP contribution in [-0.2, 0) is 11.3 Å². The topological polar surface area (TPSA) is 97.9 Å². The minimum absolute atomic E-state index is 0.117. The number of carbonyl (C=O) groups excluding carboxylic acids is 1. The van der Waals surface area contributed by atoms with Gasteiger partial charge in [-0.2, -0.15) is 5.10 Å². The summed E-state index contributed by atoms with van der Waals surface area (Å²) in [6.45, 7) is 3.79. The van der Waals surface area contributed by atoms with Gasteiger partial charge in [0.1, 0.15) is 0 Å². The van der Waals surface area contributed by atoms with Gasteiger partial charge in [0.25, 0.3) is 5.91 Å². The van der Waals surface area contributed by atoms with E-state index in [4.69, 9.17) is 18.9 Å². The van der Waals surface area contributed by atoms with Crippen molar-refractivity contribution in [3.63, 3.8) is 0 Å². The highest BCUT2D eigenvalue weighted by Crippen LogP contribution is 2.42. The number of piperidine rings is 1. The molecule has 9 heteroatoms. The van der Waals surface area contributed by atoms with Crippen LogP contribution in [0.4, 0.5) is 0 Å². The normalized spacial score (nSPS) is 18.4. The Hall–Kier alpha value is -2.78. The first-order chi connectivity index (χ1) is 14.7. The average molecular weight is 416 g/mol. The Labute approximate surface area is 175 Å². The first-order valence-electron chi connectivity index (χ1n) is 10.2. The molecular weight excluding hydrogens is 388 g/mol. The highest BCUT2D eigenvalue weighted by atomic mass is 16.7. The minimum atomic E-state index is -0.117. The van der Waals surface area contributed by atoms with Gasteiger partial charge in [0.15, 0.2) is 11.5 Å². The fraction of sp³-hybridized carbons (Fsp3) is 0.524. The third kappa shape index (κ3) is 4.36. The van der Waals surface area contributed by atoms with Gasteiger partial charge in [-0.05, 0) is 37.1 Å². The number of benzene rings is 1. The van der Waals surface area contributed by atoms with Gasteiger partial charge in [0, 0.05) is 32.7 Å². The third-order valence-corrected chi connectivity index (χ3v) is 5.54. The number of nitrogens with one attached hydrogen (secondary N) is 2. The highest BCUT2D eigenvalue weighted by Gasteiger charge is 2.28. The number of hydrogen-bond acceptors (Lipinski definition) is 7. The van der Waals surface area contributed by atoms with Gasteiger partial charge in [-0.15, -0.1) is 0 Å². The quantitative estimate of drug-likeness (QED) is 0.634. The number of amides is 1. The highest BCUT2D eigenvalue weighted by molar-refractivity contribution is 5.95. The van der Waals surface area contributed by atoms with E-state index in [0.29, 0.717) is 30.2 Å². The molecular formula is C21H28N4O5. The van der Waals surface area contributed by atoms with Gasteiger partial charge >= 0.3 is 0 Å². The first kappa shape index (κ1) is 20.5. The van der Waals surface area contributed by atoms with Gasteiger partial charge < -0.3 is 24.3 Å². The third-order valence-electron chi connectivity index (χ3n) is 5.54. The maximum absolute atomic E-state index is 12.5. The summed E-state index contributed by atoms with van der Waals surface area (Å²) in [7, 11) is 3.25. The number of hydrogen-bond donors (Lipinski definition) is 2. The van der Waals surface area contributed by atoms with Crippen molar-refractivity contribution < 1.29 is 23.7 Å². The predicted molar refractivity (Wildman–Crippen MR) is 109 cm³/mol. The minimum Gasteiger partial charge on any atom is -0.493 e. The van der Waals surface area contributed by atoms with Gasteiger partial charge in [-0.25, -0.2) is 0 Å². The van der Waals surface area contributed by atoms with E-state index in [-0.39, 0.29) is 18.6 Å². The monoisotopic (exact) mass is 416 g/mol. The Kier molecular flexibility index (Phi) is 6.39. The number of likely N-dealkylation sites (tertiary alicyclic amines) is 1. The van der Waals surface area contributed by atoms with E-state index < -0.39 is 0 Å². The number of aromatic nitrogens is 2. The number of fused-ring (bicyclic) bond motifs is 1. The van der Waals surface area contributed by atoms with Crippen LogP contribution in [0.2, 0.25) is 0 Å². The average Bonchev–Trinajstić information content (AvgIpc) is 3.43. The lowest BCUT2D eigenvalue weighted by Gasteiger charge is -2.32. The molecule has 1 aromatic carbocycles. The zero-order chi connectivity index (χ0) is 20.9. The molecule has 1 aromatic heterocycles. The lowest BCUT2D eigenvalue weighted by Crippen LogP contribution is -2.35. The van der Waals surface area contributed by atoms with Crippen molar-refractivity contribution in [2.24, 2.45) is 0 Å². The molecule has 0 spiro atoms. The Morgan fingerprint density at radius 1 is 1.37 bits per heavy atom. The van der Waals surface area contributed by atoms with Crippen molar-refractivity contribution in [1.29, 1.82) is 0 Å². The summed E-state index contributed by atoms with van der Waals surface area (Å²) in [5, 5.41) is 10.1. The van der Waals surface area contributed by atoms with Crippen LogP contribution in [0.25, 0.3) is 0 Å². The maximum Gasteiger partial charge on any atom is 0.254 e. The molecule has 0 unspecified atom stereocenters. The summed E-state index contributed by atoms with van der Waals surface area (Å²) in [5.74, 6) is 2.19. The number of nitrogens with zero attached hydrogens (tertiary/aromatic N) is 2. The molecule has 1 saturated heterocycles. The summed E-state index contributed by atoms with van der Waals surface area (Å²) < 4.78 is 21.5. The molecule has 30 heavy (non-hydrogen) atoms. The Bertz CT molecular complexity index is 884. The van der Waals surface area contributed by atoms with E-state index in [2.05, 4.69) is 20.4 Å². The number of rotatable bonds is 8. The maximum atomic E-state index is 12.5. The summed E-state index contributed by atoms with van der Waals surface area (Å²) in [6, 6.07) is 4.02. The Morgan fingerprint density at radius 3 is 3.10 bits per heavy atom. The van der Waals surface area contributed by atoms with Crippen molar-refractivity contribution in [1.82, 2.24) is 20.4 Å². The molecule has 1 amide bonds. The van der Waals surface area contributed by atoms with E-state index in [0.717, 1.165) is 49.5 Å². The van der Waals surface area contributed by atoms with Gasteiger partial charge in [0.2, 0.25) is 12.5 Å². The van der Waals surface area contributed by atoms with Gasteiger partial charge in [0.05, 0.1) is 31.2 Å². The van der Waals surface area contributed by atoms with Crippen molar-refractivity contribution in [3.05, 3.63) is 35.2 Å². The Balaban J connectivity index is 1.44. The number of H-pyrrole nitrogens is 1. The second-order valence-corrected chi connectivity index (χ2v) is 7.55. The van der Waals surface area contributed by atoms with E-state index in [1.54, 1.807) is 20.4 Å². The van der Waals surface area contributed by atoms with E-state index >= 15 is 0 Å². The second-order valence-electron chi connectivity index (χ2n) is 7.55. The molecule has 3 heterocycles. The van der Waals surface area contributed by atoms with Crippen LogP contribution >= 0.6 is 0 Å². The number of carbonyl (C=O) groups is 1. The van der Waals surface area contributed by atoms with Crippen LogP contribution in [0, 0.1) is 0 Å². The number of ether oxygens (including phenoxy) is 4. The lowest BCUT2D eigenvalue weighted by molar-refractivity contribution is 0.0934. The molecule has 2 N–H and O–H groups in total. The van der Waals surface area contributed by atoms with E-state index in [1.807, 2.05) is 12.1 Å². The molecule has 162 valence electrons. The van der Waals surface area contributed by atoms with Crippen molar-refractivity contribution in [2.45, 2.75) is 25.3 Å². The van der Waals surface area contributed by atoms with Crippen LogP contribution in [0.1, 0.15) is 40.4 Å². The lowest BCUT2D eigenvalue weighted by atomic mass is 9.92. The molecule has 4 rings (SSSR count). The molecule has 1 fully saturated rings. The van der Waals surface area contributed by atoms with Crippen molar-refractivity contribution in [3.8, 4) is 17.2 Å². The molecule has 2 aliphatic rings. The second kappa shape index (κ2) is 9.36. The predicted octanol–water partition coefficient (Wildman–Crippen LogP) is 1.90. The zero-order valence-corrected chi connectivity index (χ0v) is 17.4. The van der Waals surface area contributed by atoms with Crippen molar-refractivity contribution >= 4 is 5.91 Å². The van der Waals surface area contributed by atoms with Gasteiger partial charge in [-0.1, -0.05) is 0 Å². The molecule has 0 bridgehead atoms. The SMILES string of the molecule is COCCNC(=O)c1cn[nH]c1[C@H]1CCCN(Cc2cc(OC)c3c(c2)OCO3)C1. The van der Waals surface area contributed by atoms with Crippen LogP contribution < -0.4 is 19.5 Å². The fourth-order valence-electron chi connectivity index (χ4n) is 4.12. The standard InChI is InChI=1S/C21H28N4O5/c1-27-7-5-22-21(26)16-10-23-24-19(16)15-4-3-6-25(12-15)11-14-8-17(28-2)20-18(9-14)29-13-30-20/h8-10,15H,3-7,11-13H2,1-2H3,(H,22,26)(H,23,24)/t15-/m0/s1. The van der Waals surface area contributed by atoms with Crippen LogP contribution in [0.5, 0.6) is 17.2 Å². The van der Waals surface area contributed by atoms with E-state index in [9.17, 15) is 4.79 Å². The molecule has 0 aliphatic carbocycles. The molecule has 2 aromatic rings.